The van der Waals surface area contributed by atoms with Gasteiger partial charge in [0.15, 0.2) is 0 Å². The predicted octanol–water partition coefficient (Wildman–Crippen LogP) is 2.83. The standard InChI is InChI=1S/C17H9F4N5O4/c18-10-3-7(1-2-9(10)15-25-16(30-26-15)17(19,20)21)4-22-11-12(14(28)13(11)27)24-8-5-23-29-6-8/h1-3,5-6,22,24H,4H2. The molecule has 2 aromatic heterocycles. The first-order valence-corrected chi connectivity index (χ1v) is 8.17. The first kappa shape index (κ1) is 19.3. The molecular weight excluding hydrogens is 414 g/mol. The lowest BCUT2D eigenvalue weighted by Crippen LogP contribution is -2.36. The number of nitrogens with one attached hydrogen (secondary N) is 2. The molecule has 0 amide bonds. The number of hydrogen-bond acceptors (Lipinski definition) is 9. The van der Waals surface area contributed by atoms with E-state index in [1.807, 2.05) is 0 Å². The van der Waals surface area contributed by atoms with E-state index in [0.29, 0.717) is 11.3 Å². The Kier molecular flexibility index (Phi) is 4.56. The molecule has 0 atom stereocenters. The molecule has 0 unspecified atom stereocenters. The Morgan fingerprint density at radius 2 is 1.87 bits per heavy atom. The maximum atomic E-state index is 14.3. The molecule has 0 aliphatic rings. The molecule has 0 bridgehead atoms. The van der Waals surface area contributed by atoms with Gasteiger partial charge in [-0.25, -0.2) is 4.39 Å². The number of nitrogens with zero attached hydrogens (tertiary/aromatic N) is 3. The SMILES string of the molecule is O=c1c(NCc2ccc(-c3noc(C(F)(F)F)n3)c(F)c2)c(Nc2cnoc2)c1=O. The Morgan fingerprint density at radius 1 is 1.10 bits per heavy atom. The van der Waals surface area contributed by atoms with Crippen LogP contribution in [-0.2, 0) is 12.7 Å². The summed E-state index contributed by atoms with van der Waals surface area (Å²) in [6.07, 6.45) is -2.31. The second-order valence-electron chi connectivity index (χ2n) is 6.04. The van der Waals surface area contributed by atoms with Crippen molar-refractivity contribution in [3.8, 4) is 11.4 Å². The Hall–Kier alpha value is -4.03. The van der Waals surface area contributed by atoms with Gasteiger partial charge >= 0.3 is 12.1 Å². The van der Waals surface area contributed by atoms with Crippen LogP contribution in [0.3, 0.4) is 0 Å². The van der Waals surface area contributed by atoms with Gasteiger partial charge in [-0.3, -0.25) is 9.59 Å². The zero-order valence-electron chi connectivity index (χ0n) is 14.6. The van der Waals surface area contributed by atoms with E-state index in [2.05, 4.69) is 35.0 Å². The van der Waals surface area contributed by atoms with E-state index >= 15 is 0 Å². The third-order valence-electron chi connectivity index (χ3n) is 4.02. The average molecular weight is 423 g/mol. The molecule has 0 saturated carbocycles. The predicted molar refractivity (Wildman–Crippen MR) is 93.2 cm³/mol. The molecule has 4 rings (SSSR count). The number of rotatable bonds is 6. The zero-order chi connectivity index (χ0) is 21.5. The highest BCUT2D eigenvalue weighted by Gasteiger charge is 2.38. The molecule has 0 aliphatic heterocycles. The summed E-state index contributed by atoms with van der Waals surface area (Å²) in [5, 5.41) is 12.0. The van der Waals surface area contributed by atoms with Crippen molar-refractivity contribution in [3.05, 3.63) is 68.4 Å². The highest BCUT2D eigenvalue weighted by atomic mass is 19.4. The summed E-state index contributed by atoms with van der Waals surface area (Å²) >= 11 is 0. The number of halogens is 4. The molecule has 0 fully saturated rings. The van der Waals surface area contributed by atoms with Gasteiger partial charge in [-0.05, 0) is 17.7 Å². The van der Waals surface area contributed by atoms with Gasteiger partial charge in [-0.1, -0.05) is 16.4 Å². The minimum Gasteiger partial charge on any atom is -0.376 e. The summed E-state index contributed by atoms with van der Waals surface area (Å²) in [5.41, 5.74) is -1.07. The summed E-state index contributed by atoms with van der Waals surface area (Å²) in [4.78, 5) is 26.6. The summed E-state index contributed by atoms with van der Waals surface area (Å²) in [5.74, 6) is -3.03. The van der Waals surface area contributed by atoms with Crippen LogP contribution in [0.15, 0.2) is 49.3 Å². The molecule has 30 heavy (non-hydrogen) atoms. The van der Waals surface area contributed by atoms with Crippen molar-refractivity contribution < 1.29 is 26.6 Å². The average Bonchev–Trinajstić information content (AvgIpc) is 3.38. The van der Waals surface area contributed by atoms with Gasteiger partial charge in [-0.2, -0.15) is 18.2 Å². The van der Waals surface area contributed by atoms with Crippen molar-refractivity contribution in [3.63, 3.8) is 0 Å². The van der Waals surface area contributed by atoms with Crippen LogP contribution < -0.4 is 21.5 Å². The van der Waals surface area contributed by atoms with Gasteiger partial charge in [0.05, 0.1) is 17.4 Å². The molecule has 9 nitrogen and oxygen atoms in total. The number of aromatic nitrogens is 3. The lowest BCUT2D eigenvalue weighted by Gasteiger charge is -2.14. The number of hydrogen-bond donors (Lipinski definition) is 2. The van der Waals surface area contributed by atoms with Crippen molar-refractivity contribution in [2.75, 3.05) is 10.6 Å². The lowest BCUT2D eigenvalue weighted by molar-refractivity contribution is -0.159. The fourth-order valence-electron chi connectivity index (χ4n) is 2.58. The fraction of sp³-hybridized carbons (Fsp3) is 0.118. The minimum atomic E-state index is -4.84. The Balaban J connectivity index is 1.49. The van der Waals surface area contributed by atoms with Crippen molar-refractivity contribution in [1.82, 2.24) is 15.3 Å². The zero-order valence-corrected chi connectivity index (χ0v) is 14.6. The molecule has 0 saturated heterocycles. The summed E-state index contributed by atoms with van der Waals surface area (Å²) < 4.78 is 60.7. The van der Waals surface area contributed by atoms with E-state index < -0.39 is 34.6 Å². The largest absolute Gasteiger partial charge is 0.471 e. The minimum absolute atomic E-state index is 0.00123. The summed E-state index contributed by atoms with van der Waals surface area (Å²) in [6.45, 7) is -0.0413. The molecule has 154 valence electrons. The molecule has 2 aromatic carbocycles. The van der Waals surface area contributed by atoms with Gasteiger partial charge in [0.1, 0.15) is 23.5 Å². The van der Waals surface area contributed by atoms with Crippen LogP contribution in [0.4, 0.5) is 34.6 Å². The van der Waals surface area contributed by atoms with Crippen molar-refractivity contribution in [1.29, 1.82) is 0 Å². The van der Waals surface area contributed by atoms with Crippen molar-refractivity contribution >= 4 is 17.1 Å². The van der Waals surface area contributed by atoms with Crippen LogP contribution in [-0.4, -0.2) is 15.3 Å². The third kappa shape index (κ3) is 3.52. The Bertz CT molecular complexity index is 1270. The molecule has 0 aliphatic carbocycles. The van der Waals surface area contributed by atoms with Crippen LogP contribution in [0.25, 0.3) is 11.4 Å². The maximum absolute atomic E-state index is 14.3. The topological polar surface area (TPSA) is 123 Å². The molecule has 2 N–H and O–H groups in total. The number of benzene rings is 1. The van der Waals surface area contributed by atoms with Crippen LogP contribution in [0.1, 0.15) is 11.5 Å². The smallest absolute Gasteiger partial charge is 0.376 e. The molecular formula is C17H9F4N5O4. The Labute approximate surface area is 163 Å². The second kappa shape index (κ2) is 7.09. The lowest BCUT2D eigenvalue weighted by atomic mass is 10.1. The van der Waals surface area contributed by atoms with Crippen molar-refractivity contribution in [2.24, 2.45) is 0 Å². The quantitative estimate of drug-likeness (QED) is 0.356. The third-order valence-corrected chi connectivity index (χ3v) is 4.02. The molecule has 13 heteroatoms. The number of alkyl halides is 3. The summed E-state index contributed by atoms with van der Waals surface area (Å²) in [6, 6.07) is 3.61. The first-order chi connectivity index (χ1) is 14.2. The second-order valence-corrected chi connectivity index (χ2v) is 6.04. The van der Waals surface area contributed by atoms with E-state index in [1.54, 1.807) is 0 Å². The van der Waals surface area contributed by atoms with Crippen LogP contribution in [0, 0.1) is 5.82 Å². The van der Waals surface area contributed by atoms with Gasteiger partial charge in [0.25, 0.3) is 10.9 Å². The highest BCUT2D eigenvalue weighted by molar-refractivity contribution is 5.78. The van der Waals surface area contributed by atoms with Crippen LogP contribution in [0.2, 0.25) is 0 Å². The van der Waals surface area contributed by atoms with E-state index in [1.165, 1.54) is 24.6 Å². The Morgan fingerprint density at radius 3 is 2.50 bits per heavy atom. The molecule has 2 heterocycles. The van der Waals surface area contributed by atoms with Crippen LogP contribution in [0.5, 0.6) is 0 Å². The van der Waals surface area contributed by atoms with E-state index in [-0.39, 0.29) is 23.5 Å². The summed E-state index contributed by atoms with van der Waals surface area (Å²) in [7, 11) is 0. The number of anilines is 3. The van der Waals surface area contributed by atoms with Gasteiger partial charge < -0.3 is 19.7 Å². The van der Waals surface area contributed by atoms with Gasteiger partial charge in [0, 0.05) is 6.54 Å². The van der Waals surface area contributed by atoms with Crippen molar-refractivity contribution in [2.45, 2.75) is 12.7 Å². The normalized spacial score (nSPS) is 11.7. The molecule has 4 aromatic rings. The van der Waals surface area contributed by atoms with Gasteiger partial charge in [-0.15, -0.1) is 0 Å². The highest BCUT2D eigenvalue weighted by Crippen LogP contribution is 2.30. The van der Waals surface area contributed by atoms with E-state index in [9.17, 15) is 27.2 Å². The first-order valence-electron chi connectivity index (χ1n) is 8.17. The van der Waals surface area contributed by atoms with Gasteiger partial charge in [0.2, 0.25) is 5.82 Å². The van der Waals surface area contributed by atoms with E-state index in [0.717, 1.165) is 6.07 Å². The maximum Gasteiger partial charge on any atom is 0.471 e. The monoisotopic (exact) mass is 423 g/mol. The van der Waals surface area contributed by atoms with Crippen LogP contribution >= 0.6 is 0 Å². The fourth-order valence-corrected chi connectivity index (χ4v) is 2.58. The van der Waals surface area contributed by atoms with E-state index in [4.69, 9.17) is 0 Å². The molecule has 0 radical (unpaired) electrons. The molecule has 0 spiro atoms.